The SMILES string of the molecule is Cl.N=C(N)NC(=O)c1nc(-c2ccccc2)c(NCc2c[nH]c3ccccc23)nc1N. The summed E-state index contributed by atoms with van der Waals surface area (Å²) < 4.78 is 0. The second-order valence-corrected chi connectivity index (χ2v) is 6.60. The molecule has 0 bridgehead atoms. The van der Waals surface area contributed by atoms with Gasteiger partial charge in [0.05, 0.1) is 0 Å². The third kappa shape index (κ3) is 4.57. The number of amides is 1. The number of aromatic amines is 1. The van der Waals surface area contributed by atoms with Crippen molar-refractivity contribution >= 4 is 46.8 Å². The minimum Gasteiger partial charge on any atom is -0.382 e. The van der Waals surface area contributed by atoms with Crippen molar-refractivity contribution in [2.24, 2.45) is 5.73 Å². The Hall–Kier alpha value is -4.11. The summed E-state index contributed by atoms with van der Waals surface area (Å²) in [6.07, 6.45) is 1.94. The van der Waals surface area contributed by atoms with Crippen molar-refractivity contribution in [1.82, 2.24) is 20.3 Å². The van der Waals surface area contributed by atoms with Crippen LogP contribution in [0.25, 0.3) is 22.2 Å². The number of nitrogen functional groups attached to an aromatic ring is 1. The molecule has 158 valence electrons. The van der Waals surface area contributed by atoms with Gasteiger partial charge in [0.1, 0.15) is 5.69 Å². The summed E-state index contributed by atoms with van der Waals surface area (Å²) in [5, 5.41) is 13.8. The maximum absolute atomic E-state index is 12.3. The van der Waals surface area contributed by atoms with Crippen LogP contribution >= 0.6 is 12.4 Å². The molecule has 0 aliphatic heterocycles. The summed E-state index contributed by atoms with van der Waals surface area (Å²) in [5.74, 6) is -0.796. The molecule has 1 amide bonds. The van der Waals surface area contributed by atoms with Crippen LogP contribution in [-0.4, -0.2) is 26.8 Å². The lowest BCUT2D eigenvalue weighted by molar-refractivity contribution is 0.0972. The van der Waals surface area contributed by atoms with Crippen LogP contribution in [0, 0.1) is 5.41 Å². The summed E-state index contributed by atoms with van der Waals surface area (Å²) in [6, 6.07) is 17.4. The van der Waals surface area contributed by atoms with E-state index < -0.39 is 11.9 Å². The molecule has 0 saturated heterocycles. The molecule has 10 heteroatoms. The van der Waals surface area contributed by atoms with Crippen LogP contribution in [0.5, 0.6) is 0 Å². The number of benzene rings is 2. The molecule has 31 heavy (non-hydrogen) atoms. The average Bonchev–Trinajstić information content (AvgIpc) is 3.15. The number of H-pyrrole nitrogens is 1. The quantitative estimate of drug-likeness (QED) is 0.208. The predicted octanol–water partition coefficient (Wildman–Crippen LogP) is 2.86. The highest BCUT2D eigenvalue weighted by Crippen LogP contribution is 2.28. The zero-order chi connectivity index (χ0) is 21.1. The van der Waals surface area contributed by atoms with E-state index in [2.05, 4.69) is 25.6 Å². The molecule has 0 spiro atoms. The number of para-hydroxylation sites is 1. The molecule has 0 fully saturated rings. The van der Waals surface area contributed by atoms with Crippen molar-refractivity contribution in [2.45, 2.75) is 6.54 Å². The molecule has 0 atom stereocenters. The van der Waals surface area contributed by atoms with Crippen molar-refractivity contribution in [3.8, 4) is 11.3 Å². The van der Waals surface area contributed by atoms with Gasteiger partial charge in [-0.25, -0.2) is 9.97 Å². The van der Waals surface area contributed by atoms with E-state index in [9.17, 15) is 4.79 Å². The van der Waals surface area contributed by atoms with Crippen molar-refractivity contribution in [2.75, 3.05) is 11.1 Å². The van der Waals surface area contributed by atoms with Crippen molar-refractivity contribution in [3.05, 3.63) is 72.1 Å². The van der Waals surface area contributed by atoms with Crippen molar-refractivity contribution < 1.29 is 4.79 Å². The Balaban J connectivity index is 0.00000272. The van der Waals surface area contributed by atoms with Crippen LogP contribution in [0.3, 0.4) is 0 Å². The van der Waals surface area contributed by atoms with Gasteiger partial charge in [-0.3, -0.25) is 15.5 Å². The minimum atomic E-state index is -0.687. The van der Waals surface area contributed by atoms with Gasteiger partial charge in [-0.05, 0) is 11.6 Å². The predicted molar refractivity (Wildman–Crippen MR) is 124 cm³/mol. The number of aromatic nitrogens is 3. The van der Waals surface area contributed by atoms with E-state index in [0.29, 0.717) is 18.1 Å². The van der Waals surface area contributed by atoms with E-state index in [0.717, 1.165) is 22.0 Å². The van der Waals surface area contributed by atoms with Crippen LogP contribution < -0.4 is 22.1 Å². The number of hydrogen-bond donors (Lipinski definition) is 6. The number of nitrogens with zero attached hydrogens (tertiary/aromatic N) is 2. The largest absolute Gasteiger partial charge is 0.382 e. The lowest BCUT2D eigenvalue weighted by Crippen LogP contribution is -2.36. The Kier molecular flexibility index (Phi) is 6.37. The minimum absolute atomic E-state index is 0. The third-order valence-electron chi connectivity index (χ3n) is 4.55. The Morgan fingerprint density at radius 1 is 1.06 bits per heavy atom. The Labute approximate surface area is 184 Å². The molecule has 2 heterocycles. The first-order valence-electron chi connectivity index (χ1n) is 9.20. The van der Waals surface area contributed by atoms with E-state index in [1.807, 2.05) is 60.8 Å². The van der Waals surface area contributed by atoms with Gasteiger partial charge in [-0.15, -0.1) is 12.4 Å². The monoisotopic (exact) mass is 436 g/mol. The lowest BCUT2D eigenvalue weighted by atomic mass is 10.1. The Morgan fingerprint density at radius 2 is 1.77 bits per heavy atom. The van der Waals surface area contributed by atoms with Gasteiger partial charge in [0, 0.05) is 29.2 Å². The van der Waals surface area contributed by atoms with Gasteiger partial charge in [-0.1, -0.05) is 48.5 Å². The average molecular weight is 437 g/mol. The molecule has 2 aromatic carbocycles. The molecule has 0 aliphatic carbocycles. The number of carbonyl (C=O) groups excluding carboxylic acids is 1. The van der Waals surface area contributed by atoms with Crippen LogP contribution in [-0.2, 0) is 6.54 Å². The fourth-order valence-corrected chi connectivity index (χ4v) is 3.17. The van der Waals surface area contributed by atoms with Gasteiger partial charge < -0.3 is 21.8 Å². The molecule has 0 aliphatic rings. The van der Waals surface area contributed by atoms with Gasteiger partial charge in [0.25, 0.3) is 5.91 Å². The van der Waals surface area contributed by atoms with E-state index >= 15 is 0 Å². The highest BCUT2D eigenvalue weighted by molar-refractivity contribution is 6.06. The highest BCUT2D eigenvalue weighted by Gasteiger charge is 2.19. The molecular weight excluding hydrogens is 416 g/mol. The first-order chi connectivity index (χ1) is 14.5. The maximum atomic E-state index is 12.3. The molecule has 2 aromatic heterocycles. The van der Waals surface area contributed by atoms with Crippen molar-refractivity contribution in [1.29, 1.82) is 5.41 Å². The second-order valence-electron chi connectivity index (χ2n) is 6.60. The van der Waals surface area contributed by atoms with Gasteiger partial charge in [0.2, 0.25) is 0 Å². The van der Waals surface area contributed by atoms with E-state index in [1.54, 1.807) is 0 Å². The lowest BCUT2D eigenvalue weighted by Gasteiger charge is -2.14. The number of guanidine groups is 1. The fourth-order valence-electron chi connectivity index (χ4n) is 3.17. The maximum Gasteiger partial charge on any atom is 0.280 e. The van der Waals surface area contributed by atoms with Crippen LogP contribution in [0.1, 0.15) is 16.1 Å². The van der Waals surface area contributed by atoms with Crippen LogP contribution in [0.2, 0.25) is 0 Å². The first kappa shape index (κ1) is 21.6. The smallest absolute Gasteiger partial charge is 0.280 e. The molecule has 0 radical (unpaired) electrons. The number of anilines is 2. The second kappa shape index (κ2) is 9.14. The molecule has 0 unspecified atom stereocenters. The Morgan fingerprint density at radius 3 is 2.52 bits per heavy atom. The normalized spacial score (nSPS) is 10.3. The van der Waals surface area contributed by atoms with Gasteiger partial charge in [0.15, 0.2) is 23.3 Å². The van der Waals surface area contributed by atoms with E-state index in [4.69, 9.17) is 16.9 Å². The summed E-state index contributed by atoms with van der Waals surface area (Å²) in [7, 11) is 0. The van der Waals surface area contributed by atoms with Crippen LogP contribution in [0.15, 0.2) is 60.8 Å². The topological polar surface area (TPSA) is 159 Å². The number of nitrogens with one attached hydrogen (secondary N) is 4. The number of fused-ring (bicyclic) bond motifs is 1. The number of hydrogen-bond acceptors (Lipinski definition) is 6. The number of carbonyl (C=O) groups is 1. The highest BCUT2D eigenvalue weighted by atomic mass is 35.5. The molecule has 0 saturated carbocycles. The Bertz CT molecular complexity index is 1240. The van der Waals surface area contributed by atoms with E-state index in [-0.39, 0.29) is 23.9 Å². The standard InChI is InChI=1S/C21H20N8O.ClH/c22-18-17(20(30)29-21(23)24)27-16(12-6-2-1-3-7-12)19(28-18)26-11-13-10-25-15-9-5-4-8-14(13)15;/h1-10,25H,11H2,(H3,22,26,28)(H4,23,24,29,30);1H. The fraction of sp³-hybridized carbons (Fsp3) is 0.0476. The number of rotatable bonds is 5. The van der Waals surface area contributed by atoms with Gasteiger partial charge >= 0.3 is 0 Å². The third-order valence-corrected chi connectivity index (χ3v) is 4.55. The molecule has 9 nitrogen and oxygen atoms in total. The zero-order valence-corrected chi connectivity index (χ0v) is 17.2. The van der Waals surface area contributed by atoms with Gasteiger partial charge in [-0.2, -0.15) is 0 Å². The molecule has 8 N–H and O–H groups in total. The summed E-state index contributed by atoms with van der Waals surface area (Å²) >= 11 is 0. The first-order valence-corrected chi connectivity index (χ1v) is 9.20. The summed E-state index contributed by atoms with van der Waals surface area (Å²) in [5.41, 5.74) is 14.5. The molecule has 4 rings (SSSR count). The summed E-state index contributed by atoms with van der Waals surface area (Å²) in [6.45, 7) is 0.483. The summed E-state index contributed by atoms with van der Waals surface area (Å²) in [4.78, 5) is 24.4. The number of halogens is 1. The zero-order valence-electron chi connectivity index (χ0n) is 16.3. The van der Waals surface area contributed by atoms with Crippen molar-refractivity contribution in [3.63, 3.8) is 0 Å². The molecule has 4 aromatic rings. The van der Waals surface area contributed by atoms with E-state index in [1.165, 1.54) is 0 Å². The van der Waals surface area contributed by atoms with Crippen LogP contribution in [0.4, 0.5) is 11.6 Å². The molecular formula is C21H21ClN8O. The number of nitrogens with two attached hydrogens (primary N) is 2.